The van der Waals surface area contributed by atoms with Gasteiger partial charge in [0.2, 0.25) is 23.1 Å². The third kappa shape index (κ3) is 3.69. The van der Waals surface area contributed by atoms with Crippen LogP contribution in [-0.2, 0) is 4.79 Å². The van der Waals surface area contributed by atoms with Crippen LogP contribution in [0.2, 0.25) is 5.28 Å². The number of nitrogens with one attached hydrogen (secondary N) is 2. The molecule has 8 heteroatoms. The van der Waals surface area contributed by atoms with Crippen LogP contribution in [0, 0.1) is 0 Å². The van der Waals surface area contributed by atoms with Gasteiger partial charge in [-0.3, -0.25) is 4.79 Å². The molecule has 7 nitrogen and oxygen atoms in total. The summed E-state index contributed by atoms with van der Waals surface area (Å²) in [7, 11) is 0. The second kappa shape index (κ2) is 6.69. The fourth-order valence-electron chi connectivity index (χ4n) is 2.09. The molecule has 1 saturated heterocycles. The van der Waals surface area contributed by atoms with Crippen molar-refractivity contribution in [1.29, 1.82) is 0 Å². The number of hydrogen-bond donors (Lipinski definition) is 2. The quantitative estimate of drug-likeness (QED) is 0.846. The molecule has 0 radical (unpaired) electrons. The van der Waals surface area contributed by atoms with E-state index in [1.165, 1.54) is 0 Å². The minimum absolute atomic E-state index is 0.0839. The van der Waals surface area contributed by atoms with Crippen LogP contribution in [0.5, 0.6) is 0 Å². The van der Waals surface area contributed by atoms with Crippen molar-refractivity contribution >= 4 is 29.4 Å². The summed E-state index contributed by atoms with van der Waals surface area (Å²) in [6, 6.07) is 0.121. The Kier molecular flexibility index (Phi) is 4.94. The van der Waals surface area contributed by atoms with Crippen LogP contribution in [0.15, 0.2) is 0 Å². The highest BCUT2D eigenvalue weighted by Gasteiger charge is 2.19. The second-order valence-corrected chi connectivity index (χ2v) is 4.92. The van der Waals surface area contributed by atoms with Crippen LogP contribution < -0.4 is 15.5 Å². The molecule has 0 saturated carbocycles. The van der Waals surface area contributed by atoms with E-state index in [-0.39, 0.29) is 17.2 Å². The van der Waals surface area contributed by atoms with E-state index >= 15 is 0 Å². The van der Waals surface area contributed by atoms with Crippen molar-refractivity contribution in [2.24, 2.45) is 0 Å². The molecular formula is C12H19ClN6O. The van der Waals surface area contributed by atoms with Gasteiger partial charge in [-0.1, -0.05) is 0 Å². The summed E-state index contributed by atoms with van der Waals surface area (Å²) in [4.78, 5) is 25.7. The van der Waals surface area contributed by atoms with Gasteiger partial charge in [-0.25, -0.2) is 0 Å². The topological polar surface area (TPSA) is 83.0 Å². The summed E-state index contributed by atoms with van der Waals surface area (Å²) >= 11 is 5.95. The van der Waals surface area contributed by atoms with Gasteiger partial charge in [0.15, 0.2) is 0 Å². The van der Waals surface area contributed by atoms with Gasteiger partial charge in [0.25, 0.3) is 0 Å². The van der Waals surface area contributed by atoms with Crippen LogP contribution in [0.1, 0.15) is 26.7 Å². The van der Waals surface area contributed by atoms with Gasteiger partial charge in [-0.2, -0.15) is 15.0 Å². The standard InChI is InChI=1S/C12H19ClN6O/c1-3-19(4-2)12-17-10(13)16-11(18-12)15-8-5-6-9(20)14-7-8/h8H,3-7H2,1-2H3,(H,14,20)(H,15,16,17,18). The lowest BCUT2D eigenvalue weighted by Gasteiger charge is -2.24. The smallest absolute Gasteiger partial charge is 0.231 e. The fraction of sp³-hybridized carbons (Fsp3) is 0.667. The number of nitrogens with zero attached hydrogens (tertiary/aromatic N) is 4. The Morgan fingerprint density at radius 3 is 2.70 bits per heavy atom. The summed E-state index contributed by atoms with van der Waals surface area (Å²) in [6.45, 7) is 6.24. The molecule has 1 unspecified atom stereocenters. The number of rotatable bonds is 5. The third-order valence-corrected chi connectivity index (χ3v) is 3.41. The van der Waals surface area contributed by atoms with E-state index in [1.807, 2.05) is 18.7 Å². The Labute approximate surface area is 123 Å². The van der Waals surface area contributed by atoms with Crippen molar-refractivity contribution in [3.8, 4) is 0 Å². The highest BCUT2D eigenvalue weighted by Crippen LogP contribution is 2.15. The number of aromatic nitrogens is 3. The molecule has 110 valence electrons. The van der Waals surface area contributed by atoms with Gasteiger partial charge in [0, 0.05) is 32.1 Å². The Bertz CT molecular complexity index is 469. The average Bonchev–Trinajstić information content (AvgIpc) is 2.42. The zero-order valence-electron chi connectivity index (χ0n) is 11.7. The number of carbonyl (C=O) groups is 1. The second-order valence-electron chi connectivity index (χ2n) is 4.58. The number of piperidine rings is 1. The molecule has 1 aromatic rings. The van der Waals surface area contributed by atoms with Gasteiger partial charge >= 0.3 is 0 Å². The summed E-state index contributed by atoms with van der Waals surface area (Å²) in [5, 5.41) is 6.18. The van der Waals surface area contributed by atoms with E-state index in [4.69, 9.17) is 11.6 Å². The summed E-state index contributed by atoms with van der Waals surface area (Å²) < 4.78 is 0. The fourth-order valence-corrected chi connectivity index (χ4v) is 2.25. The minimum Gasteiger partial charge on any atom is -0.354 e. The molecule has 0 spiro atoms. The number of halogens is 1. The maximum atomic E-state index is 11.1. The summed E-state index contributed by atoms with van der Waals surface area (Å²) in [5.41, 5.74) is 0. The first-order valence-electron chi connectivity index (χ1n) is 6.82. The molecule has 0 aliphatic carbocycles. The zero-order valence-corrected chi connectivity index (χ0v) is 12.4. The molecule has 1 amide bonds. The third-order valence-electron chi connectivity index (χ3n) is 3.24. The van der Waals surface area contributed by atoms with E-state index in [9.17, 15) is 4.79 Å². The highest BCUT2D eigenvalue weighted by atomic mass is 35.5. The van der Waals surface area contributed by atoms with Gasteiger partial charge in [0.1, 0.15) is 0 Å². The first-order chi connectivity index (χ1) is 9.62. The Morgan fingerprint density at radius 1 is 1.35 bits per heavy atom. The lowest BCUT2D eigenvalue weighted by atomic mass is 10.1. The van der Waals surface area contributed by atoms with Gasteiger partial charge in [0.05, 0.1) is 0 Å². The summed E-state index contributed by atoms with van der Waals surface area (Å²) in [5.74, 6) is 1.10. The molecule has 1 fully saturated rings. The average molecular weight is 299 g/mol. The first-order valence-corrected chi connectivity index (χ1v) is 7.20. The first kappa shape index (κ1) is 14.8. The lowest BCUT2D eigenvalue weighted by Crippen LogP contribution is -2.42. The number of amides is 1. The van der Waals surface area contributed by atoms with Crippen molar-refractivity contribution in [1.82, 2.24) is 20.3 Å². The molecular weight excluding hydrogens is 280 g/mol. The monoisotopic (exact) mass is 298 g/mol. The van der Waals surface area contributed by atoms with E-state index < -0.39 is 0 Å². The van der Waals surface area contributed by atoms with Crippen LogP contribution in [0.4, 0.5) is 11.9 Å². The molecule has 0 aromatic carbocycles. The van der Waals surface area contributed by atoms with Crippen molar-refractivity contribution < 1.29 is 4.79 Å². The predicted octanol–water partition coefficient (Wildman–Crippen LogP) is 1.06. The van der Waals surface area contributed by atoms with Gasteiger partial charge in [-0.05, 0) is 31.9 Å². The van der Waals surface area contributed by atoms with Crippen LogP contribution >= 0.6 is 11.6 Å². The number of hydrogen-bond acceptors (Lipinski definition) is 6. The normalized spacial score (nSPS) is 18.6. The molecule has 1 aromatic heterocycles. The van der Waals surface area contributed by atoms with Gasteiger partial charge in [-0.15, -0.1) is 0 Å². The highest BCUT2D eigenvalue weighted by molar-refractivity contribution is 6.28. The van der Waals surface area contributed by atoms with E-state index in [2.05, 4.69) is 25.6 Å². The lowest BCUT2D eigenvalue weighted by molar-refractivity contribution is -0.122. The molecule has 1 aliphatic heterocycles. The van der Waals surface area contributed by atoms with Crippen molar-refractivity contribution in [2.75, 3.05) is 29.9 Å². The summed E-state index contributed by atoms with van der Waals surface area (Å²) in [6.07, 6.45) is 1.27. The number of carbonyl (C=O) groups excluding carboxylic acids is 1. The SMILES string of the molecule is CCN(CC)c1nc(Cl)nc(NC2CCC(=O)NC2)n1. The number of anilines is 2. The Morgan fingerprint density at radius 2 is 2.10 bits per heavy atom. The van der Waals surface area contributed by atoms with Crippen LogP contribution in [-0.4, -0.2) is 46.5 Å². The van der Waals surface area contributed by atoms with Crippen molar-refractivity contribution in [3.05, 3.63) is 5.28 Å². The molecule has 1 atom stereocenters. The minimum atomic E-state index is 0.0839. The van der Waals surface area contributed by atoms with E-state index in [0.717, 1.165) is 19.5 Å². The van der Waals surface area contributed by atoms with Crippen LogP contribution in [0.25, 0.3) is 0 Å². The predicted molar refractivity (Wildman–Crippen MR) is 78.1 cm³/mol. The largest absolute Gasteiger partial charge is 0.354 e. The maximum Gasteiger partial charge on any atom is 0.231 e. The van der Waals surface area contributed by atoms with Crippen molar-refractivity contribution in [2.45, 2.75) is 32.7 Å². The molecule has 2 N–H and O–H groups in total. The Hall–Kier alpha value is -1.63. The van der Waals surface area contributed by atoms with E-state index in [1.54, 1.807) is 0 Å². The molecule has 0 bridgehead atoms. The Balaban J connectivity index is 2.09. The van der Waals surface area contributed by atoms with Crippen LogP contribution in [0.3, 0.4) is 0 Å². The molecule has 20 heavy (non-hydrogen) atoms. The van der Waals surface area contributed by atoms with E-state index in [0.29, 0.717) is 24.9 Å². The molecule has 1 aliphatic rings. The molecule has 2 rings (SSSR count). The zero-order chi connectivity index (χ0) is 14.5. The molecule has 2 heterocycles. The van der Waals surface area contributed by atoms with Gasteiger partial charge < -0.3 is 15.5 Å². The maximum absolute atomic E-state index is 11.1. The van der Waals surface area contributed by atoms with Crippen molar-refractivity contribution in [3.63, 3.8) is 0 Å².